The van der Waals surface area contributed by atoms with Crippen molar-refractivity contribution in [3.63, 3.8) is 0 Å². The second-order valence-corrected chi connectivity index (χ2v) is 6.17. The maximum Gasteiger partial charge on any atom is 0.407 e. The summed E-state index contributed by atoms with van der Waals surface area (Å²) in [6.45, 7) is 3.28. The highest BCUT2D eigenvalue weighted by Crippen LogP contribution is 2.25. The minimum absolute atomic E-state index is 0.351. The van der Waals surface area contributed by atoms with Crippen molar-refractivity contribution in [3.05, 3.63) is 51.0 Å². The van der Waals surface area contributed by atoms with Crippen LogP contribution in [0, 0.1) is 6.92 Å². The van der Waals surface area contributed by atoms with Gasteiger partial charge in [0.2, 0.25) is 0 Å². The van der Waals surface area contributed by atoms with Crippen molar-refractivity contribution in [2.45, 2.75) is 26.4 Å². The molecule has 0 radical (unpaired) electrons. The lowest BCUT2D eigenvalue weighted by Crippen LogP contribution is -2.35. The van der Waals surface area contributed by atoms with E-state index in [0.717, 1.165) is 22.8 Å². The fourth-order valence-corrected chi connectivity index (χ4v) is 3.13. The third-order valence-corrected chi connectivity index (χ3v) is 4.52. The van der Waals surface area contributed by atoms with Gasteiger partial charge in [-0.3, -0.25) is 0 Å². The smallest absolute Gasteiger partial charge is 0.407 e. The van der Waals surface area contributed by atoms with Crippen molar-refractivity contribution in [2.24, 2.45) is 0 Å². The molecule has 7 heteroatoms. The van der Waals surface area contributed by atoms with Crippen molar-refractivity contribution in [1.29, 1.82) is 0 Å². The first-order chi connectivity index (χ1) is 10.5. The van der Waals surface area contributed by atoms with E-state index >= 15 is 0 Å². The lowest BCUT2D eigenvalue weighted by Gasteiger charge is -2.25. The van der Waals surface area contributed by atoms with E-state index in [1.807, 2.05) is 17.6 Å². The second-order valence-electron chi connectivity index (χ2n) is 5.33. The predicted octanol–water partition coefficient (Wildman–Crippen LogP) is 3.58. The maximum atomic E-state index is 11.2. The summed E-state index contributed by atoms with van der Waals surface area (Å²) in [6, 6.07) is 5.34. The summed E-state index contributed by atoms with van der Waals surface area (Å²) in [5, 5.41) is 10.4. The number of halogens is 2. The molecule has 2 heterocycles. The first-order valence-corrected chi connectivity index (χ1v) is 7.68. The van der Waals surface area contributed by atoms with E-state index in [0.29, 0.717) is 36.1 Å². The van der Waals surface area contributed by atoms with Crippen LogP contribution in [0.1, 0.15) is 22.8 Å². The van der Waals surface area contributed by atoms with Crippen LogP contribution in [-0.4, -0.2) is 32.2 Å². The molecule has 3 rings (SSSR count). The summed E-state index contributed by atoms with van der Waals surface area (Å²) in [7, 11) is 0. The van der Waals surface area contributed by atoms with Gasteiger partial charge in [0.1, 0.15) is 5.82 Å². The Kier molecular flexibility index (Phi) is 4.02. The fraction of sp³-hybridized carbons (Fsp3) is 0.333. The summed E-state index contributed by atoms with van der Waals surface area (Å²) in [5.41, 5.74) is 2.79. The lowest BCUT2D eigenvalue weighted by atomic mass is 10.1. The maximum absolute atomic E-state index is 11.2. The average Bonchev–Trinajstić information content (AvgIpc) is 2.78. The van der Waals surface area contributed by atoms with Gasteiger partial charge in [0.15, 0.2) is 0 Å². The van der Waals surface area contributed by atoms with E-state index in [-0.39, 0.29) is 0 Å². The fourth-order valence-electron chi connectivity index (χ4n) is 2.76. The number of amides is 1. The van der Waals surface area contributed by atoms with Gasteiger partial charge in [0, 0.05) is 23.0 Å². The number of carbonyl (C=O) groups is 1. The van der Waals surface area contributed by atoms with Crippen molar-refractivity contribution in [2.75, 3.05) is 6.54 Å². The number of hydrogen-bond acceptors (Lipinski definition) is 2. The Morgan fingerprint density at radius 1 is 1.41 bits per heavy atom. The van der Waals surface area contributed by atoms with Gasteiger partial charge in [-0.15, -0.1) is 0 Å². The van der Waals surface area contributed by atoms with Crippen LogP contribution in [0.3, 0.4) is 0 Å². The molecule has 0 atom stereocenters. The molecule has 1 aliphatic heterocycles. The van der Waals surface area contributed by atoms with Crippen LogP contribution in [0.4, 0.5) is 4.79 Å². The normalized spacial score (nSPS) is 14.0. The van der Waals surface area contributed by atoms with Gasteiger partial charge >= 0.3 is 6.09 Å². The molecule has 1 amide bonds. The van der Waals surface area contributed by atoms with Gasteiger partial charge in [-0.2, -0.15) is 0 Å². The summed E-state index contributed by atoms with van der Waals surface area (Å²) in [5.74, 6) is 0.855. The Balaban J connectivity index is 1.97. The molecule has 0 aliphatic carbocycles. The summed E-state index contributed by atoms with van der Waals surface area (Å²) in [6.07, 6.45) is -0.268. The Morgan fingerprint density at radius 2 is 2.18 bits per heavy atom. The molecular weight excluding hydrogens is 325 g/mol. The molecule has 0 unspecified atom stereocenters. The number of carboxylic acid groups (broad SMARTS) is 1. The van der Waals surface area contributed by atoms with Gasteiger partial charge < -0.3 is 14.6 Å². The van der Waals surface area contributed by atoms with Gasteiger partial charge in [-0.1, -0.05) is 23.2 Å². The van der Waals surface area contributed by atoms with E-state index in [2.05, 4.69) is 4.98 Å². The molecule has 1 aliphatic rings. The first-order valence-electron chi connectivity index (χ1n) is 6.92. The highest BCUT2D eigenvalue weighted by molar-refractivity contribution is 6.33. The molecule has 0 fully saturated rings. The van der Waals surface area contributed by atoms with Gasteiger partial charge in [-0.25, -0.2) is 9.78 Å². The predicted molar refractivity (Wildman–Crippen MR) is 84.7 cm³/mol. The molecule has 0 saturated carbocycles. The van der Waals surface area contributed by atoms with Crippen LogP contribution in [0.15, 0.2) is 18.2 Å². The molecule has 22 heavy (non-hydrogen) atoms. The third-order valence-electron chi connectivity index (χ3n) is 3.91. The molecule has 1 aromatic heterocycles. The number of hydrogen-bond donors (Lipinski definition) is 1. The molecular formula is C15H15Cl2N3O2. The third kappa shape index (κ3) is 2.78. The summed E-state index contributed by atoms with van der Waals surface area (Å²) >= 11 is 12.3. The van der Waals surface area contributed by atoms with E-state index in [9.17, 15) is 9.90 Å². The van der Waals surface area contributed by atoms with Crippen LogP contribution in [0.25, 0.3) is 0 Å². The number of fused-ring (bicyclic) bond motifs is 1. The largest absolute Gasteiger partial charge is 0.465 e. The van der Waals surface area contributed by atoms with Crippen molar-refractivity contribution >= 4 is 29.3 Å². The zero-order valence-corrected chi connectivity index (χ0v) is 13.5. The van der Waals surface area contributed by atoms with Crippen LogP contribution < -0.4 is 0 Å². The summed E-state index contributed by atoms with van der Waals surface area (Å²) in [4.78, 5) is 17.2. The Hall–Kier alpha value is -1.72. The zero-order valence-electron chi connectivity index (χ0n) is 12.0. The minimum atomic E-state index is -0.906. The van der Waals surface area contributed by atoms with E-state index in [1.165, 1.54) is 4.90 Å². The van der Waals surface area contributed by atoms with Crippen molar-refractivity contribution < 1.29 is 9.90 Å². The highest BCUT2D eigenvalue weighted by atomic mass is 35.5. The number of benzene rings is 1. The standard InChI is InChI=1S/C15H15Cl2N3O2/c1-9-18-13-4-5-19(15(21)22)8-14(13)20(9)7-10-6-11(16)2-3-12(10)17/h2-3,6H,4-5,7-8H2,1H3,(H,21,22). The Morgan fingerprint density at radius 3 is 2.91 bits per heavy atom. The number of aryl methyl sites for hydroxylation is 1. The molecule has 0 saturated heterocycles. The number of imidazole rings is 1. The molecule has 1 N–H and O–H groups in total. The molecule has 5 nitrogen and oxygen atoms in total. The van der Waals surface area contributed by atoms with Crippen LogP contribution >= 0.6 is 23.2 Å². The quantitative estimate of drug-likeness (QED) is 0.909. The van der Waals surface area contributed by atoms with Crippen LogP contribution in [-0.2, 0) is 19.5 Å². The van der Waals surface area contributed by atoms with E-state index < -0.39 is 6.09 Å². The first kappa shape index (κ1) is 15.2. The number of nitrogens with zero attached hydrogens (tertiary/aromatic N) is 3. The van der Waals surface area contributed by atoms with Crippen LogP contribution in [0.5, 0.6) is 0 Å². The summed E-state index contributed by atoms with van der Waals surface area (Å²) < 4.78 is 2.02. The number of aromatic nitrogens is 2. The molecule has 1 aromatic carbocycles. The SMILES string of the molecule is Cc1nc2c(n1Cc1cc(Cl)ccc1Cl)CN(C(=O)O)CC2. The molecule has 116 valence electrons. The van der Waals surface area contributed by atoms with Gasteiger partial charge in [0.25, 0.3) is 0 Å². The van der Waals surface area contributed by atoms with Gasteiger partial charge in [-0.05, 0) is 30.7 Å². The average molecular weight is 340 g/mol. The highest BCUT2D eigenvalue weighted by Gasteiger charge is 2.25. The Labute approximate surface area is 138 Å². The number of rotatable bonds is 2. The topological polar surface area (TPSA) is 58.4 Å². The van der Waals surface area contributed by atoms with E-state index in [4.69, 9.17) is 23.2 Å². The van der Waals surface area contributed by atoms with Crippen molar-refractivity contribution in [1.82, 2.24) is 14.5 Å². The molecule has 0 bridgehead atoms. The monoisotopic (exact) mass is 339 g/mol. The zero-order chi connectivity index (χ0) is 15.9. The van der Waals surface area contributed by atoms with Crippen molar-refractivity contribution in [3.8, 4) is 0 Å². The van der Waals surface area contributed by atoms with Crippen LogP contribution in [0.2, 0.25) is 10.0 Å². The minimum Gasteiger partial charge on any atom is -0.465 e. The Bertz CT molecular complexity index is 743. The van der Waals surface area contributed by atoms with Gasteiger partial charge in [0.05, 0.1) is 24.5 Å². The molecule has 2 aromatic rings. The van der Waals surface area contributed by atoms with E-state index in [1.54, 1.807) is 12.1 Å². The molecule has 0 spiro atoms. The second kappa shape index (κ2) is 5.82. The lowest BCUT2D eigenvalue weighted by molar-refractivity contribution is 0.138.